The number of methoxy groups -OCH3 is 1. The highest BCUT2D eigenvalue weighted by atomic mass is 32.2. The molecule has 0 saturated heterocycles. The summed E-state index contributed by atoms with van der Waals surface area (Å²) in [4.78, 5) is 11.4. The van der Waals surface area contributed by atoms with Gasteiger partial charge in [-0.2, -0.15) is 5.26 Å². The van der Waals surface area contributed by atoms with E-state index in [9.17, 15) is 4.79 Å². The molecular formula is C14H16N2O2S. The van der Waals surface area contributed by atoms with Crippen molar-refractivity contribution in [2.45, 2.75) is 6.42 Å². The van der Waals surface area contributed by atoms with Gasteiger partial charge >= 0.3 is 5.97 Å². The van der Waals surface area contributed by atoms with E-state index in [1.807, 2.05) is 42.7 Å². The molecule has 1 aromatic carbocycles. The normalized spacial score (nSPS) is 11.2. The Morgan fingerprint density at radius 3 is 2.63 bits per heavy atom. The van der Waals surface area contributed by atoms with Gasteiger partial charge in [-0.1, -0.05) is 30.3 Å². The lowest BCUT2D eigenvalue weighted by Gasteiger charge is -2.10. The van der Waals surface area contributed by atoms with Crippen LogP contribution >= 0.6 is 11.8 Å². The van der Waals surface area contributed by atoms with Crippen LogP contribution in [0.5, 0.6) is 0 Å². The Morgan fingerprint density at radius 1 is 1.42 bits per heavy atom. The number of thioether (sulfide) groups is 1. The SMILES string of the molecule is COC(=O)/C(C#N)=C(\NCCc1ccccc1)SC. The van der Waals surface area contributed by atoms with Gasteiger partial charge < -0.3 is 10.1 Å². The summed E-state index contributed by atoms with van der Waals surface area (Å²) in [6.07, 6.45) is 2.63. The first-order valence-corrected chi connectivity index (χ1v) is 7.00. The molecule has 0 heterocycles. The van der Waals surface area contributed by atoms with Crippen LogP contribution in [0, 0.1) is 11.3 Å². The predicted octanol–water partition coefficient (Wildman–Crippen LogP) is 2.09. The molecule has 0 unspecified atom stereocenters. The summed E-state index contributed by atoms with van der Waals surface area (Å²) in [5.74, 6) is -0.612. The third-order valence-corrected chi connectivity index (χ3v) is 3.23. The first-order valence-electron chi connectivity index (χ1n) is 5.77. The van der Waals surface area contributed by atoms with Crippen LogP contribution in [-0.2, 0) is 16.0 Å². The van der Waals surface area contributed by atoms with E-state index in [1.165, 1.54) is 24.4 Å². The van der Waals surface area contributed by atoms with Gasteiger partial charge in [0.1, 0.15) is 6.07 Å². The van der Waals surface area contributed by atoms with E-state index in [2.05, 4.69) is 10.1 Å². The topological polar surface area (TPSA) is 62.1 Å². The Labute approximate surface area is 117 Å². The maximum Gasteiger partial charge on any atom is 0.351 e. The van der Waals surface area contributed by atoms with Crippen LogP contribution in [0.4, 0.5) is 0 Å². The van der Waals surface area contributed by atoms with Crippen molar-refractivity contribution in [2.75, 3.05) is 19.9 Å². The van der Waals surface area contributed by atoms with Crippen LogP contribution in [0.15, 0.2) is 40.9 Å². The van der Waals surface area contributed by atoms with Crippen molar-refractivity contribution < 1.29 is 9.53 Å². The minimum atomic E-state index is -0.612. The standard InChI is InChI=1S/C14H16N2O2S/c1-18-14(17)12(10-15)13(19-2)16-9-8-11-6-4-3-5-7-11/h3-7,16H,8-9H2,1-2H3/b13-12+. The molecule has 0 aromatic heterocycles. The van der Waals surface area contributed by atoms with Crippen molar-refractivity contribution in [1.82, 2.24) is 5.32 Å². The molecule has 0 radical (unpaired) electrons. The number of nitrogens with one attached hydrogen (secondary N) is 1. The van der Waals surface area contributed by atoms with Crippen molar-refractivity contribution in [2.24, 2.45) is 0 Å². The fraction of sp³-hybridized carbons (Fsp3) is 0.286. The predicted molar refractivity (Wildman–Crippen MR) is 76.3 cm³/mol. The Morgan fingerprint density at radius 2 is 2.11 bits per heavy atom. The molecule has 0 atom stereocenters. The van der Waals surface area contributed by atoms with Crippen molar-refractivity contribution in [1.29, 1.82) is 5.26 Å². The van der Waals surface area contributed by atoms with Crippen LogP contribution in [0.1, 0.15) is 5.56 Å². The van der Waals surface area contributed by atoms with E-state index >= 15 is 0 Å². The van der Waals surface area contributed by atoms with Gasteiger partial charge in [-0.3, -0.25) is 0 Å². The van der Waals surface area contributed by atoms with Crippen LogP contribution < -0.4 is 5.32 Å². The van der Waals surface area contributed by atoms with Gasteiger partial charge in [0.15, 0.2) is 5.57 Å². The van der Waals surface area contributed by atoms with Crippen molar-refractivity contribution in [3.05, 3.63) is 46.5 Å². The van der Waals surface area contributed by atoms with Gasteiger partial charge in [0.2, 0.25) is 0 Å². The fourth-order valence-corrected chi connectivity index (χ4v) is 2.10. The van der Waals surface area contributed by atoms with Gasteiger partial charge in [-0.05, 0) is 18.2 Å². The number of esters is 1. The quantitative estimate of drug-likeness (QED) is 0.490. The first-order chi connectivity index (χ1) is 9.22. The monoisotopic (exact) mass is 276 g/mol. The maximum atomic E-state index is 11.4. The van der Waals surface area contributed by atoms with Crippen molar-refractivity contribution in [3.8, 4) is 6.07 Å². The second kappa shape index (κ2) is 8.22. The molecule has 1 rings (SSSR count). The first kappa shape index (κ1) is 15.1. The fourth-order valence-electron chi connectivity index (χ4n) is 1.52. The van der Waals surface area contributed by atoms with E-state index in [4.69, 9.17) is 5.26 Å². The number of ether oxygens (including phenoxy) is 1. The lowest BCUT2D eigenvalue weighted by molar-refractivity contribution is -0.135. The number of benzene rings is 1. The number of carbonyl (C=O) groups excluding carboxylic acids is 1. The molecule has 0 aliphatic rings. The smallest absolute Gasteiger partial charge is 0.351 e. The Hall–Kier alpha value is -1.93. The van der Waals surface area contributed by atoms with Crippen molar-refractivity contribution >= 4 is 17.7 Å². The molecule has 0 amide bonds. The van der Waals surface area contributed by atoms with Crippen LogP contribution in [0.2, 0.25) is 0 Å². The zero-order valence-electron chi connectivity index (χ0n) is 11.0. The summed E-state index contributed by atoms with van der Waals surface area (Å²) in [6.45, 7) is 0.655. The van der Waals surface area contributed by atoms with Gasteiger partial charge in [0.05, 0.1) is 12.1 Å². The van der Waals surface area contributed by atoms with Gasteiger partial charge in [-0.15, -0.1) is 11.8 Å². The Kier molecular flexibility index (Phi) is 6.55. The molecule has 5 heteroatoms. The molecule has 0 aliphatic carbocycles. The van der Waals surface area contributed by atoms with Crippen LogP contribution in [-0.4, -0.2) is 25.9 Å². The summed E-state index contributed by atoms with van der Waals surface area (Å²) in [5, 5.41) is 12.6. The molecular weight excluding hydrogens is 260 g/mol. The van der Waals surface area contributed by atoms with Crippen LogP contribution in [0.3, 0.4) is 0 Å². The highest BCUT2D eigenvalue weighted by Gasteiger charge is 2.15. The van der Waals surface area contributed by atoms with E-state index < -0.39 is 5.97 Å². The third-order valence-electron chi connectivity index (χ3n) is 2.47. The van der Waals surface area contributed by atoms with E-state index in [1.54, 1.807) is 0 Å². The molecule has 1 N–H and O–H groups in total. The molecule has 0 spiro atoms. The Balaban J connectivity index is 2.65. The van der Waals surface area contributed by atoms with Gasteiger partial charge in [0.25, 0.3) is 0 Å². The number of hydrogen-bond donors (Lipinski definition) is 1. The summed E-state index contributed by atoms with van der Waals surface area (Å²) in [6, 6.07) is 11.9. The molecule has 100 valence electrons. The minimum absolute atomic E-state index is 0.0167. The van der Waals surface area contributed by atoms with Crippen LogP contribution in [0.25, 0.3) is 0 Å². The molecule has 1 aromatic rings. The minimum Gasteiger partial charge on any atom is -0.465 e. The maximum absolute atomic E-state index is 11.4. The summed E-state index contributed by atoms with van der Waals surface area (Å²) >= 11 is 1.33. The van der Waals surface area contributed by atoms with Gasteiger partial charge in [0, 0.05) is 6.54 Å². The lowest BCUT2D eigenvalue weighted by Crippen LogP contribution is -2.19. The zero-order chi connectivity index (χ0) is 14.1. The lowest BCUT2D eigenvalue weighted by atomic mass is 10.1. The molecule has 0 fully saturated rings. The summed E-state index contributed by atoms with van der Waals surface area (Å²) in [5.41, 5.74) is 1.22. The molecule has 4 nitrogen and oxygen atoms in total. The van der Waals surface area contributed by atoms with Gasteiger partial charge in [-0.25, -0.2) is 4.79 Å². The average molecular weight is 276 g/mol. The average Bonchev–Trinajstić information content (AvgIpc) is 2.47. The number of hydrogen-bond acceptors (Lipinski definition) is 5. The second-order valence-corrected chi connectivity index (χ2v) is 4.49. The number of carbonyl (C=O) groups is 1. The molecule has 19 heavy (non-hydrogen) atoms. The number of nitriles is 1. The Bertz CT molecular complexity index is 492. The number of rotatable bonds is 6. The van der Waals surface area contributed by atoms with E-state index in [0.29, 0.717) is 11.6 Å². The molecule has 0 saturated carbocycles. The largest absolute Gasteiger partial charge is 0.465 e. The zero-order valence-corrected chi connectivity index (χ0v) is 11.8. The third kappa shape index (κ3) is 4.68. The highest BCUT2D eigenvalue weighted by molar-refractivity contribution is 8.02. The number of nitrogens with zero attached hydrogens (tertiary/aromatic N) is 1. The van der Waals surface area contributed by atoms with E-state index in [0.717, 1.165) is 6.42 Å². The highest BCUT2D eigenvalue weighted by Crippen LogP contribution is 2.14. The summed E-state index contributed by atoms with van der Waals surface area (Å²) < 4.78 is 4.58. The summed E-state index contributed by atoms with van der Waals surface area (Å²) in [7, 11) is 1.27. The van der Waals surface area contributed by atoms with Crippen molar-refractivity contribution in [3.63, 3.8) is 0 Å². The molecule has 0 aliphatic heterocycles. The second-order valence-electron chi connectivity index (χ2n) is 3.67. The van der Waals surface area contributed by atoms with E-state index in [-0.39, 0.29) is 5.57 Å². The molecule has 0 bridgehead atoms.